The number of anilines is 1. The topological polar surface area (TPSA) is 80.8 Å². The lowest BCUT2D eigenvalue weighted by molar-refractivity contribution is -0.122. The summed E-state index contributed by atoms with van der Waals surface area (Å²) in [6.45, 7) is 3.46. The number of morpholine rings is 1. The Morgan fingerprint density at radius 3 is 2.54 bits per heavy atom. The molecule has 1 fully saturated rings. The smallest absolute Gasteiger partial charge is 0.230 e. The van der Waals surface area contributed by atoms with E-state index < -0.39 is 6.04 Å². The van der Waals surface area contributed by atoms with Crippen molar-refractivity contribution in [3.05, 3.63) is 100 Å². The summed E-state index contributed by atoms with van der Waals surface area (Å²) in [6, 6.07) is 24.4. The molecule has 2 unspecified atom stereocenters. The zero-order valence-corrected chi connectivity index (χ0v) is 23.5. The van der Waals surface area contributed by atoms with Gasteiger partial charge in [0, 0.05) is 39.8 Å². The van der Waals surface area contributed by atoms with Crippen LogP contribution < -0.4 is 15.0 Å². The minimum Gasteiger partial charge on any atom is -0.481 e. The van der Waals surface area contributed by atoms with Gasteiger partial charge in [-0.2, -0.15) is 0 Å². The zero-order chi connectivity index (χ0) is 27.4. The Morgan fingerprint density at radius 1 is 1.10 bits per heavy atom. The Kier molecular flexibility index (Phi) is 8.35. The highest BCUT2D eigenvalue weighted by atomic mass is 79.9. The summed E-state index contributed by atoms with van der Waals surface area (Å²) in [5.74, 6) is 0.295. The Morgan fingerprint density at radius 2 is 1.87 bits per heavy atom. The molecule has 7 nitrogen and oxygen atoms in total. The van der Waals surface area contributed by atoms with Crippen LogP contribution in [0.5, 0.6) is 5.88 Å². The summed E-state index contributed by atoms with van der Waals surface area (Å²) in [4.78, 5) is 32.8. The summed E-state index contributed by atoms with van der Waals surface area (Å²) < 4.78 is 12.6. The van der Waals surface area contributed by atoms with Gasteiger partial charge in [0.05, 0.1) is 37.8 Å². The lowest BCUT2D eigenvalue weighted by atomic mass is 9.95. The lowest BCUT2D eigenvalue weighted by Crippen LogP contribution is -2.43. The quantitative estimate of drug-likeness (QED) is 0.266. The fraction of sp³-hybridized carbons (Fsp3) is 0.258. The second kappa shape index (κ2) is 12.1. The predicted molar refractivity (Wildman–Crippen MR) is 155 cm³/mol. The van der Waals surface area contributed by atoms with Gasteiger partial charge >= 0.3 is 0 Å². The monoisotopic (exact) mass is 587 g/mol. The maximum absolute atomic E-state index is 14.2. The van der Waals surface area contributed by atoms with E-state index in [0.717, 1.165) is 33.0 Å². The molecule has 200 valence electrons. The minimum atomic E-state index is -0.552. The normalized spacial score (nSPS) is 16.0. The van der Waals surface area contributed by atoms with Crippen molar-refractivity contribution in [2.24, 2.45) is 0 Å². The third kappa shape index (κ3) is 6.03. The number of nitrogens with zero attached hydrogens (tertiary/aromatic N) is 2. The summed E-state index contributed by atoms with van der Waals surface area (Å²) in [7, 11) is 1.59. The van der Waals surface area contributed by atoms with Crippen molar-refractivity contribution in [2.45, 2.75) is 25.5 Å². The molecule has 1 N–H and O–H groups in total. The predicted octanol–water partition coefficient (Wildman–Crippen LogP) is 5.71. The van der Waals surface area contributed by atoms with E-state index in [4.69, 9.17) is 14.5 Å². The average Bonchev–Trinajstić information content (AvgIpc) is 2.96. The van der Waals surface area contributed by atoms with Crippen LogP contribution >= 0.6 is 15.9 Å². The van der Waals surface area contributed by atoms with Gasteiger partial charge in [0.15, 0.2) is 5.78 Å². The summed E-state index contributed by atoms with van der Waals surface area (Å²) in [6.07, 6.45) is -0.0473. The number of amides is 1. The Balaban J connectivity index is 1.70. The fourth-order valence-corrected chi connectivity index (χ4v) is 5.32. The molecule has 1 aliphatic rings. The van der Waals surface area contributed by atoms with Crippen molar-refractivity contribution in [1.82, 2.24) is 10.3 Å². The zero-order valence-electron chi connectivity index (χ0n) is 21.9. The molecule has 8 heteroatoms. The Labute approximate surface area is 236 Å². The van der Waals surface area contributed by atoms with E-state index in [1.54, 1.807) is 24.1 Å². The molecular formula is C31H30BrN3O4. The second-order valence-electron chi connectivity index (χ2n) is 9.50. The van der Waals surface area contributed by atoms with E-state index in [2.05, 4.69) is 21.2 Å². The number of carbonyl (C=O) groups excluding carboxylic acids is 2. The van der Waals surface area contributed by atoms with Crippen molar-refractivity contribution in [3.8, 4) is 5.88 Å². The molecule has 39 heavy (non-hydrogen) atoms. The van der Waals surface area contributed by atoms with E-state index in [9.17, 15) is 9.59 Å². The highest BCUT2D eigenvalue weighted by molar-refractivity contribution is 9.10. The third-order valence-electron chi connectivity index (χ3n) is 6.86. The van der Waals surface area contributed by atoms with Crippen molar-refractivity contribution >= 4 is 44.2 Å². The number of benzene rings is 3. The number of rotatable bonds is 8. The Hall–Kier alpha value is -3.59. The number of hydrogen-bond donors (Lipinski definition) is 1. The molecule has 0 bridgehead atoms. The maximum Gasteiger partial charge on any atom is 0.230 e. The highest BCUT2D eigenvalue weighted by Gasteiger charge is 2.33. The van der Waals surface area contributed by atoms with Crippen LogP contribution in [0.15, 0.2) is 83.3 Å². The fourth-order valence-electron chi connectivity index (χ4n) is 4.95. The number of aromatic nitrogens is 1. The number of pyridine rings is 1. The van der Waals surface area contributed by atoms with Gasteiger partial charge < -0.3 is 19.7 Å². The van der Waals surface area contributed by atoms with E-state index in [-0.39, 0.29) is 24.2 Å². The van der Waals surface area contributed by atoms with Crippen LogP contribution in [0.3, 0.4) is 0 Å². The molecule has 1 amide bonds. The van der Waals surface area contributed by atoms with Gasteiger partial charge in [-0.1, -0.05) is 46.3 Å². The molecular weight excluding hydrogens is 558 g/mol. The van der Waals surface area contributed by atoms with Crippen LogP contribution in [0.2, 0.25) is 0 Å². The van der Waals surface area contributed by atoms with E-state index in [1.165, 1.54) is 6.92 Å². The largest absolute Gasteiger partial charge is 0.481 e. The minimum absolute atomic E-state index is 0.0355. The van der Waals surface area contributed by atoms with E-state index >= 15 is 0 Å². The molecule has 5 rings (SSSR count). The van der Waals surface area contributed by atoms with Crippen LogP contribution in [0.4, 0.5) is 5.69 Å². The van der Waals surface area contributed by atoms with Crippen LogP contribution in [-0.2, 0) is 9.53 Å². The number of hydrogen-bond acceptors (Lipinski definition) is 6. The SMILES string of the molecule is COc1nc2ccc(Br)cc2cc1C(c1ccccc1)N(C(=O)CC1CNCCO1)c1ccc(C(C)=O)cc1. The number of Topliss-reactive ketones (excluding diaryl/α,β-unsaturated/α-hetero) is 1. The first-order chi connectivity index (χ1) is 18.9. The van der Waals surface area contributed by atoms with Gasteiger partial charge in [-0.3, -0.25) is 9.59 Å². The number of fused-ring (bicyclic) bond motifs is 1. The first-order valence-electron chi connectivity index (χ1n) is 12.9. The summed E-state index contributed by atoms with van der Waals surface area (Å²) in [5, 5.41) is 4.22. The number of ketones is 1. The second-order valence-corrected chi connectivity index (χ2v) is 10.4. The molecule has 1 aliphatic heterocycles. The summed E-state index contributed by atoms with van der Waals surface area (Å²) >= 11 is 3.57. The number of halogens is 1. The molecule has 0 spiro atoms. The molecule has 0 radical (unpaired) electrons. The van der Waals surface area contributed by atoms with Gasteiger partial charge in [0.2, 0.25) is 11.8 Å². The highest BCUT2D eigenvalue weighted by Crippen LogP contribution is 2.39. The van der Waals surface area contributed by atoms with E-state index in [0.29, 0.717) is 30.3 Å². The third-order valence-corrected chi connectivity index (χ3v) is 7.35. The molecule has 3 aromatic carbocycles. The lowest BCUT2D eigenvalue weighted by Gasteiger charge is -2.35. The van der Waals surface area contributed by atoms with E-state index in [1.807, 2.05) is 66.7 Å². The first kappa shape index (κ1) is 27.0. The molecule has 1 saturated heterocycles. The van der Waals surface area contributed by atoms with Gasteiger partial charge in [-0.25, -0.2) is 4.98 Å². The van der Waals surface area contributed by atoms with Gasteiger partial charge in [0.25, 0.3) is 0 Å². The van der Waals surface area contributed by atoms with Crippen LogP contribution in [0.25, 0.3) is 10.9 Å². The van der Waals surface area contributed by atoms with Crippen molar-refractivity contribution in [2.75, 3.05) is 31.7 Å². The number of carbonyl (C=O) groups is 2. The van der Waals surface area contributed by atoms with Gasteiger partial charge in [-0.15, -0.1) is 0 Å². The molecule has 2 atom stereocenters. The molecule has 2 heterocycles. The van der Waals surface area contributed by atoms with Crippen molar-refractivity contribution < 1.29 is 19.1 Å². The van der Waals surface area contributed by atoms with Gasteiger partial charge in [0.1, 0.15) is 0 Å². The van der Waals surface area contributed by atoms with Gasteiger partial charge in [-0.05, 0) is 61.0 Å². The number of nitrogens with one attached hydrogen (secondary N) is 1. The standard InChI is InChI=1S/C31H30BrN3O4/c1-20(36)21-8-11-25(12-9-21)35(29(37)18-26-19-33-14-15-39-26)30(22-6-4-3-5-7-22)27-17-23-16-24(32)10-13-28(23)34-31(27)38-2/h3-13,16-17,26,30,33H,14-15,18-19H2,1-2H3. The molecule has 1 aromatic heterocycles. The molecule has 0 saturated carbocycles. The van der Waals surface area contributed by atoms with Crippen LogP contribution in [0.1, 0.15) is 40.9 Å². The van der Waals surface area contributed by atoms with Crippen molar-refractivity contribution in [3.63, 3.8) is 0 Å². The van der Waals surface area contributed by atoms with Crippen LogP contribution in [0, 0.1) is 0 Å². The maximum atomic E-state index is 14.2. The average molecular weight is 589 g/mol. The molecule has 4 aromatic rings. The number of ether oxygens (including phenoxy) is 2. The summed E-state index contributed by atoms with van der Waals surface area (Å²) in [5.41, 5.74) is 3.69. The van der Waals surface area contributed by atoms with Crippen molar-refractivity contribution in [1.29, 1.82) is 0 Å². The molecule has 0 aliphatic carbocycles. The first-order valence-corrected chi connectivity index (χ1v) is 13.7. The Bertz CT molecular complexity index is 1470. The van der Waals surface area contributed by atoms with Crippen LogP contribution in [-0.4, -0.2) is 49.6 Å². The number of methoxy groups -OCH3 is 1.